The Kier molecular flexibility index (Phi) is 2.40. The minimum absolute atomic E-state index is 0.0917. The topological polar surface area (TPSA) is 73.2 Å². The molecule has 0 unspecified atom stereocenters. The Balaban J connectivity index is 2.37. The maximum atomic E-state index is 11.5. The van der Waals surface area contributed by atoms with Crippen LogP contribution >= 0.6 is 0 Å². The van der Waals surface area contributed by atoms with Gasteiger partial charge in [-0.25, -0.2) is 9.78 Å². The summed E-state index contributed by atoms with van der Waals surface area (Å²) in [6.07, 6.45) is 1.49. The van der Waals surface area contributed by atoms with Gasteiger partial charge in [-0.3, -0.25) is 4.79 Å². The summed E-state index contributed by atoms with van der Waals surface area (Å²) in [5.41, 5.74) is 0.383. The predicted molar refractivity (Wildman–Crippen MR) is 50.5 cm³/mol. The average molecular weight is 209 g/mol. The number of ether oxygens (including phenoxy) is 1. The van der Waals surface area contributed by atoms with Crippen LogP contribution in [0.15, 0.2) is 6.33 Å². The molecule has 6 nitrogen and oxygen atoms in total. The van der Waals surface area contributed by atoms with Gasteiger partial charge in [-0.15, -0.1) is 0 Å². The largest absolute Gasteiger partial charge is 0.461 e. The summed E-state index contributed by atoms with van der Waals surface area (Å²) in [4.78, 5) is 26.8. The predicted octanol–water partition coefficient (Wildman–Crippen LogP) is -0.197. The van der Waals surface area contributed by atoms with Crippen LogP contribution in [0, 0.1) is 0 Å². The van der Waals surface area contributed by atoms with E-state index in [0.29, 0.717) is 18.8 Å². The van der Waals surface area contributed by atoms with E-state index in [4.69, 9.17) is 4.74 Å². The molecule has 0 radical (unpaired) electrons. The van der Waals surface area contributed by atoms with Gasteiger partial charge in [0.2, 0.25) is 0 Å². The third-order valence-electron chi connectivity index (χ3n) is 2.16. The van der Waals surface area contributed by atoms with Gasteiger partial charge in [0.05, 0.1) is 12.9 Å². The summed E-state index contributed by atoms with van der Waals surface area (Å²) >= 11 is 0. The standard InChI is InChI=1S/C9H11N3O3/c1-2-15-9(14)6-7-8(13)10-3-4-12(7)5-11-6/h5H,2-4H2,1H3,(H,10,13). The number of esters is 1. The maximum absolute atomic E-state index is 11.5. The third-order valence-corrected chi connectivity index (χ3v) is 2.16. The lowest BCUT2D eigenvalue weighted by Crippen LogP contribution is -2.36. The monoisotopic (exact) mass is 209 g/mol. The summed E-state index contributed by atoms with van der Waals surface area (Å²) < 4.78 is 6.46. The lowest BCUT2D eigenvalue weighted by molar-refractivity contribution is 0.0515. The molecule has 0 spiro atoms. The molecule has 0 fully saturated rings. The highest BCUT2D eigenvalue weighted by atomic mass is 16.5. The molecule has 0 bridgehead atoms. The van der Waals surface area contributed by atoms with Crippen LogP contribution in [0.2, 0.25) is 0 Å². The van der Waals surface area contributed by atoms with Crippen molar-refractivity contribution in [2.45, 2.75) is 13.5 Å². The molecule has 2 heterocycles. The zero-order chi connectivity index (χ0) is 10.8. The van der Waals surface area contributed by atoms with Gasteiger partial charge >= 0.3 is 5.97 Å². The first kappa shape index (κ1) is 9.70. The van der Waals surface area contributed by atoms with E-state index in [1.807, 2.05) is 0 Å². The van der Waals surface area contributed by atoms with Crippen LogP contribution < -0.4 is 5.32 Å². The van der Waals surface area contributed by atoms with E-state index in [0.717, 1.165) is 0 Å². The number of fused-ring (bicyclic) bond motifs is 1. The van der Waals surface area contributed by atoms with Crippen molar-refractivity contribution in [3.63, 3.8) is 0 Å². The molecule has 0 aliphatic carbocycles. The smallest absolute Gasteiger partial charge is 0.359 e. The van der Waals surface area contributed by atoms with Gasteiger partial charge in [0.1, 0.15) is 5.69 Å². The van der Waals surface area contributed by atoms with Crippen LogP contribution in [0.5, 0.6) is 0 Å². The Hall–Kier alpha value is -1.85. The molecule has 1 amide bonds. The number of hydrogen-bond acceptors (Lipinski definition) is 4. The number of aromatic nitrogens is 2. The second-order valence-corrected chi connectivity index (χ2v) is 3.11. The molecule has 6 heteroatoms. The number of nitrogens with zero attached hydrogens (tertiary/aromatic N) is 2. The fraction of sp³-hybridized carbons (Fsp3) is 0.444. The lowest BCUT2D eigenvalue weighted by atomic mass is 10.2. The van der Waals surface area contributed by atoms with E-state index in [2.05, 4.69) is 10.3 Å². The van der Waals surface area contributed by atoms with Crippen LogP contribution in [0.4, 0.5) is 0 Å². The molecule has 1 aliphatic rings. The van der Waals surface area contributed by atoms with E-state index in [9.17, 15) is 9.59 Å². The van der Waals surface area contributed by atoms with E-state index in [1.54, 1.807) is 11.5 Å². The second-order valence-electron chi connectivity index (χ2n) is 3.11. The molecular weight excluding hydrogens is 198 g/mol. The summed E-state index contributed by atoms with van der Waals surface area (Å²) in [5, 5.41) is 2.65. The lowest BCUT2D eigenvalue weighted by Gasteiger charge is -2.15. The van der Waals surface area contributed by atoms with Crippen molar-refractivity contribution in [3.8, 4) is 0 Å². The van der Waals surface area contributed by atoms with E-state index in [1.165, 1.54) is 6.33 Å². The van der Waals surface area contributed by atoms with Crippen LogP contribution in [0.25, 0.3) is 0 Å². The van der Waals surface area contributed by atoms with Crippen molar-refractivity contribution < 1.29 is 14.3 Å². The first-order valence-corrected chi connectivity index (χ1v) is 4.74. The second kappa shape index (κ2) is 3.72. The normalized spacial score (nSPS) is 14.3. The van der Waals surface area contributed by atoms with Crippen molar-refractivity contribution in [1.29, 1.82) is 0 Å². The molecule has 1 aromatic rings. The van der Waals surface area contributed by atoms with Crippen molar-refractivity contribution in [1.82, 2.24) is 14.9 Å². The van der Waals surface area contributed by atoms with Gasteiger partial charge in [0.15, 0.2) is 5.69 Å². The zero-order valence-electron chi connectivity index (χ0n) is 8.32. The van der Waals surface area contributed by atoms with Gasteiger partial charge in [0.25, 0.3) is 5.91 Å². The third kappa shape index (κ3) is 1.58. The fourth-order valence-electron chi connectivity index (χ4n) is 1.51. The summed E-state index contributed by atoms with van der Waals surface area (Å²) in [6, 6.07) is 0. The number of amides is 1. The van der Waals surface area contributed by atoms with E-state index >= 15 is 0 Å². The molecular formula is C9H11N3O3. The Bertz CT molecular complexity index is 411. The molecule has 15 heavy (non-hydrogen) atoms. The Morgan fingerprint density at radius 3 is 3.27 bits per heavy atom. The SMILES string of the molecule is CCOC(=O)c1ncn2c1C(=O)NCC2. The van der Waals surface area contributed by atoms with Gasteiger partial charge in [-0.2, -0.15) is 0 Å². The van der Waals surface area contributed by atoms with Crippen molar-refractivity contribution in [3.05, 3.63) is 17.7 Å². The highest BCUT2D eigenvalue weighted by molar-refractivity contribution is 6.03. The molecule has 1 N–H and O–H groups in total. The molecule has 0 atom stereocenters. The Morgan fingerprint density at radius 1 is 1.73 bits per heavy atom. The number of carbonyl (C=O) groups excluding carboxylic acids is 2. The van der Waals surface area contributed by atoms with E-state index < -0.39 is 5.97 Å². The van der Waals surface area contributed by atoms with E-state index in [-0.39, 0.29) is 18.2 Å². The van der Waals surface area contributed by atoms with Gasteiger partial charge < -0.3 is 14.6 Å². The van der Waals surface area contributed by atoms with Crippen molar-refractivity contribution in [2.24, 2.45) is 0 Å². The molecule has 0 saturated heterocycles. The molecule has 1 aliphatic heterocycles. The molecule has 1 aromatic heterocycles. The van der Waals surface area contributed by atoms with Crippen LogP contribution in [0.1, 0.15) is 27.9 Å². The number of rotatable bonds is 2. The van der Waals surface area contributed by atoms with Crippen molar-refractivity contribution in [2.75, 3.05) is 13.2 Å². The minimum atomic E-state index is -0.552. The Morgan fingerprint density at radius 2 is 2.53 bits per heavy atom. The summed E-state index contributed by atoms with van der Waals surface area (Å²) in [7, 11) is 0. The minimum Gasteiger partial charge on any atom is -0.461 e. The number of carbonyl (C=O) groups is 2. The molecule has 0 saturated carbocycles. The van der Waals surface area contributed by atoms with Crippen LogP contribution in [0.3, 0.4) is 0 Å². The average Bonchev–Trinajstić information content (AvgIpc) is 2.63. The summed E-state index contributed by atoms with van der Waals surface area (Å²) in [6.45, 7) is 3.17. The van der Waals surface area contributed by atoms with Gasteiger partial charge in [0, 0.05) is 13.1 Å². The van der Waals surface area contributed by atoms with Crippen LogP contribution in [-0.4, -0.2) is 34.6 Å². The highest BCUT2D eigenvalue weighted by Crippen LogP contribution is 2.11. The first-order valence-electron chi connectivity index (χ1n) is 4.74. The molecule has 0 aromatic carbocycles. The zero-order valence-corrected chi connectivity index (χ0v) is 8.32. The van der Waals surface area contributed by atoms with Gasteiger partial charge in [-0.1, -0.05) is 0 Å². The number of nitrogens with one attached hydrogen (secondary N) is 1. The first-order chi connectivity index (χ1) is 7.24. The van der Waals surface area contributed by atoms with Crippen LogP contribution in [-0.2, 0) is 11.3 Å². The van der Waals surface area contributed by atoms with Crippen molar-refractivity contribution >= 4 is 11.9 Å². The fourth-order valence-corrected chi connectivity index (χ4v) is 1.51. The Labute approximate surface area is 86.2 Å². The van der Waals surface area contributed by atoms with Gasteiger partial charge in [-0.05, 0) is 6.92 Å². The molecule has 80 valence electrons. The summed E-state index contributed by atoms with van der Waals surface area (Å²) in [5.74, 6) is -0.829. The number of imidazole rings is 1. The maximum Gasteiger partial charge on any atom is 0.359 e. The highest BCUT2D eigenvalue weighted by Gasteiger charge is 2.26. The molecule has 2 rings (SSSR count). The number of hydrogen-bond donors (Lipinski definition) is 1. The quantitative estimate of drug-likeness (QED) is 0.685.